The van der Waals surface area contributed by atoms with Crippen molar-refractivity contribution < 1.29 is 13.6 Å². The van der Waals surface area contributed by atoms with Gasteiger partial charge in [-0.3, -0.25) is 4.79 Å². The number of halogens is 3. The molecule has 0 saturated heterocycles. The Balaban J connectivity index is 3.13. The first-order chi connectivity index (χ1) is 4.75. The van der Waals surface area contributed by atoms with Gasteiger partial charge in [0.2, 0.25) is 0 Å². The van der Waals surface area contributed by atoms with E-state index in [1.807, 2.05) is 0 Å². The SMILES string of the molecule is O=CC1=C(F)C=IC=C1F. The summed E-state index contributed by atoms with van der Waals surface area (Å²) < 4.78 is 27.4. The molecule has 10 heavy (non-hydrogen) atoms. The van der Waals surface area contributed by atoms with Crippen LogP contribution in [0.25, 0.3) is 0 Å². The number of hydrogen-bond donors (Lipinski definition) is 0. The molecule has 0 bridgehead atoms. The second-order valence-electron chi connectivity index (χ2n) is 1.57. The number of hydrogen-bond acceptors (Lipinski definition) is 1. The smallest absolute Gasteiger partial charge is 0.155 e. The molecule has 1 nitrogen and oxygen atoms in total. The Morgan fingerprint density at radius 1 is 1.50 bits per heavy atom. The van der Waals surface area contributed by atoms with Gasteiger partial charge in [0, 0.05) is 8.09 Å². The van der Waals surface area contributed by atoms with Crippen molar-refractivity contribution in [2.24, 2.45) is 0 Å². The topological polar surface area (TPSA) is 17.1 Å². The number of allylic oxidation sites excluding steroid dienone is 3. The van der Waals surface area contributed by atoms with E-state index in [0.717, 1.165) is 0 Å². The minimum absolute atomic E-state index is 0.195. The van der Waals surface area contributed by atoms with Crippen molar-refractivity contribution in [2.75, 3.05) is 0 Å². The van der Waals surface area contributed by atoms with Gasteiger partial charge in [0.05, 0.1) is 5.57 Å². The van der Waals surface area contributed by atoms with Gasteiger partial charge in [-0.25, -0.2) is 8.78 Å². The molecule has 1 aliphatic heterocycles. The summed E-state index contributed by atoms with van der Waals surface area (Å²) in [6.45, 7) is 0. The number of carbonyl (C=O) groups is 1. The number of aldehydes is 1. The van der Waals surface area contributed by atoms with E-state index in [9.17, 15) is 13.6 Å². The van der Waals surface area contributed by atoms with E-state index < -0.39 is 38.0 Å². The van der Waals surface area contributed by atoms with Gasteiger partial charge in [-0.05, 0) is 0 Å². The van der Waals surface area contributed by atoms with Crippen LogP contribution in [0.2, 0.25) is 0 Å². The highest BCUT2D eigenvalue weighted by Crippen LogP contribution is 2.23. The average Bonchev–Trinajstić information content (AvgIpc) is 1.88. The standard InChI is InChI=1S/C6H3F2IO/c7-5-1-9-2-6(8)4(5)3-10/h1-3H. The van der Waals surface area contributed by atoms with Gasteiger partial charge in [-0.1, -0.05) is 20.7 Å². The van der Waals surface area contributed by atoms with Crippen molar-refractivity contribution in [3.8, 4) is 0 Å². The molecule has 0 radical (unpaired) electrons. The quantitative estimate of drug-likeness (QED) is 0.518. The molecule has 0 N–H and O–H groups in total. The molecule has 0 aromatic heterocycles. The van der Waals surface area contributed by atoms with Crippen LogP contribution in [0.1, 0.15) is 0 Å². The van der Waals surface area contributed by atoms with E-state index in [-0.39, 0.29) is 6.29 Å². The van der Waals surface area contributed by atoms with Crippen molar-refractivity contribution >= 4 is 31.0 Å². The van der Waals surface area contributed by atoms with Crippen molar-refractivity contribution in [1.29, 1.82) is 0 Å². The third-order valence-electron chi connectivity index (χ3n) is 0.950. The first-order valence-electron chi connectivity index (χ1n) is 2.42. The zero-order valence-electron chi connectivity index (χ0n) is 4.77. The van der Waals surface area contributed by atoms with Crippen molar-refractivity contribution in [2.45, 2.75) is 0 Å². The van der Waals surface area contributed by atoms with Crippen LogP contribution in [0.15, 0.2) is 21.3 Å². The van der Waals surface area contributed by atoms with Crippen LogP contribution < -0.4 is 0 Å². The molecule has 0 aromatic carbocycles. The van der Waals surface area contributed by atoms with Crippen molar-refractivity contribution in [3.05, 3.63) is 21.3 Å². The highest BCUT2D eigenvalue weighted by molar-refractivity contribution is 14.2. The third kappa shape index (κ3) is 1.36. The van der Waals surface area contributed by atoms with Gasteiger partial charge in [-0.15, -0.1) is 0 Å². The Bertz CT molecular complexity index is 252. The maximum absolute atomic E-state index is 12.4. The monoisotopic (exact) mass is 256 g/mol. The van der Waals surface area contributed by atoms with Crippen LogP contribution in [0, 0.1) is 0 Å². The first-order valence-corrected chi connectivity index (χ1v) is 4.91. The summed E-state index contributed by atoms with van der Waals surface area (Å²) in [5.74, 6) is -1.44. The number of rotatable bonds is 1. The summed E-state index contributed by atoms with van der Waals surface area (Å²) in [6.07, 6.45) is 0.195. The number of carbonyl (C=O) groups excluding carboxylic acids is 1. The van der Waals surface area contributed by atoms with Crippen molar-refractivity contribution in [1.82, 2.24) is 0 Å². The fourth-order valence-electron chi connectivity index (χ4n) is 0.486. The second-order valence-corrected chi connectivity index (χ2v) is 3.54. The van der Waals surface area contributed by atoms with Gasteiger partial charge in [0.15, 0.2) is 6.29 Å². The largest absolute Gasteiger partial charge is 0.298 e. The molecular weight excluding hydrogens is 253 g/mol. The van der Waals surface area contributed by atoms with E-state index >= 15 is 0 Å². The molecule has 54 valence electrons. The van der Waals surface area contributed by atoms with E-state index in [4.69, 9.17) is 0 Å². The lowest BCUT2D eigenvalue weighted by molar-refractivity contribution is -0.104. The van der Waals surface area contributed by atoms with Crippen LogP contribution in [-0.2, 0) is 4.79 Å². The fraction of sp³-hybridized carbons (Fsp3) is 0. The van der Waals surface area contributed by atoms with E-state index in [0.29, 0.717) is 0 Å². The highest BCUT2D eigenvalue weighted by atomic mass is 127. The van der Waals surface area contributed by atoms with E-state index in [1.54, 1.807) is 0 Å². The van der Waals surface area contributed by atoms with Gasteiger partial charge < -0.3 is 0 Å². The molecule has 0 saturated carbocycles. The molecule has 0 atom stereocenters. The van der Waals surface area contributed by atoms with E-state index in [2.05, 4.69) is 0 Å². The molecular formula is C6H3F2IO. The van der Waals surface area contributed by atoms with Crippen LogP contribution in [0.3, 0.4) is 0 Å². The van der Waals surface area contributed by atoms with E-state index in [1.165, 1.54) is 8.09 Å². The Morgan fingerprint density at radius 3 is 2.60 bits per heavy atom. The van der Waals surface area contributed by atoms with Crippen LogP contribution in [0.5, 0.6) is 0 Å². The summed E-state index contributed by atoms with van der Waals surface area (Å²) in [5, 5.41) is 0. The van der Waals surface area contributed by atoms with Gasteiger partial charge in [0.1, 0.15) is 11.7 Å². The summed E-state index contributed by atoms with van der Waals surface area (Å²) in [4.78, 5) is 9.99. The minimum Gasteiger partial charge on any atom is -0.298 e. The zero-order valence-corrected chi connectivity index (χ0v) is 6.93. The summed E-state index contributed by atoms with van der Waals surface area (Å²) in [5.41, 5.74) is -0.453. The Labute approximate surface area is 66.2 Å². The third-order valence-corrected chi connectivity index (χ3v) is 2.76. The van der Waals surface area contributed by atoms with Crippen LogP contribution in [0.4, 0.5) is 8.78 Å². The summed E-state index contributed by atoms with van der Waals surface area (Å²) >= 11 is -0.653. The first kappa shape index (κ1) is 7.71. The lowest BCUT2D eigenvalue weighted by Crippen LogP contribution is -1.92. The minimum atomic E-state index is -0.720. The molecule has 4 heteroatoms. The molecule has 0 aliphatic carbocycles. The molecule has 0 aromatic rings. The summed E-state index contributed by atoms with van der Waals surface area (Å²) in [6, 6.07) is 0. The van der Waals surface area contributed by atoms with Crippen LogP contribution in [-0.4, -0.2) is 10.3 Å². The molecule has 0 amide bonds. The summed E-state index contributed by atoms with van der Waals surface area (Å²) in [7, 11) is 0. The molecule has 1 heterocycles. The molecule has 1 aliphatic rings. The normalized spacial score (nSPS) is 18.0. The predicted molar refractivity (Wildman–Crippen MR) is 43.5 cm³/mol. The molecule has 0 fully saturated rings. The van der Waals surface area contributed by atoms with Crippen molar-refractivity contribution in [3.63, 3.8) is 0 Å². The maximum Gasteiger partial charge on any atom is 0.155 e. The Kier molecular flexibility index (Phi) is 2.42. The fourth-order valence-corrected chi connectivity index (χ4v) is 1.97. The molecule has 0 unspecified atom stereocenters. The molecule has 0 spiro atoms. The lowest BCUT2D eigenvalue weighted by atomic mass is 10.2. The van der Waals surface area contributed by atoms with Gasteiger partial charge in [-0.2, -0.15) is 0 Å². The molecule has 1 rings (SSSR count). The van der Waals surface area contributed by atoms with Gasteiger partial charge >= 0.3 is 0 Å². The predicted octanol–water partition coefficient (Wildman–Crippen LogP) is 2.01. The highest BCUT2D eigenvalue weighted by Gasteiger charge is 2.11. The van der Waals surface area contributed by atoms with Gasteiger partial charge in [0.25, 0.3) is 0 Å². The zero-order chi connectivity index (χ0) is 7.56. The Morgan fingerprint density at radius 2 is 2.20 bits per heavy atom. The lowest BCUT2D eigenvalue weighted by Gasteiger charge is -1.98. The average molecular weight is 256 g/mol. The Hall–Kier alpha value is -0.390. The van der Waals surface area contributed by atoms with Crippen LogP contribution >= 0.6 is 20.7 Å². The second kappa shape index (κ2) is 3.14. The maximum atomic E-state index is 12.4.